The number of carbonyl (C=O) groups excluding carboxylic acids is 2. The molecule has 3 aromatic heterocycles. The summed E-state index contributed by atoms with van der Waals surface area (Å²) in [6.07, 6.45) is 4.25. The Balaban J connectivity index is 1.44. The standard InChI is InChI=1S/C64H60N4O4/c1-35(2)39-11-19-43(20-12-39)57-51-27-28-52(65-51)58(44-21-13-40(14-22-44)36(3)4)54-30-32-56(67-54)60(46-25-17-42(18-26-46)38(7)8)62-48-34-50(64(70)72-10)49(63(69)71-9)33-47(48)61(68-62)59(55-31-29-53(57)66-55)45-23-15-41(16-24-45)37(5)6/h11-38,66-67H,1-10H3. The summed E-state index contributed by atoms with van der Waals surface area (Å²) >= 11 is 0. The maximum absolute atomic E-state index is 13.8. The number of ether oxygens (including phenoxy) is 2. The molecule has 8 nitrogen and oxygen atoms in total. The Morgan fingerprint density at radius 2 is 0.667 bits per heavy atom. The Hall–Kier alpha value is -8.10. The van der Waals surface area contributed by atoms with Crippen molar-refractivity contribution in [2.45, 2.75) is 79.1 Å². The van der Waals surface area contributed by atoms with Crippen LogP contribution in [0.15, 0.2) is 133 Å². The number of carbonyl (C=O) groups is 2. The molecule has 0 amide bonds. The number of hydrogen-bond donors (Lipinski definition) is 2. The van der Waals surface area contributed by atoms with E-state index >= 15 is 0 Å². The normalized spacial score (nSPS) is 12.0. The van der Waals surface area contributed by atoms with Crippen LogP contribution in [0.3, 0.4) is 0 Å². The highest BCUT2D eigenvalue weighted by molar-refractivity contribution is 6.11. The zero-order valence-corrected chi connectivity index (χ0v) is 42.7. The predicted molar refractivity (Wildman–Crippen MR) is 295 cm³/mol. The van der Waals surface area contributed by atoms with Gasteiger partial charge in [-0.05, 0) is 117 Å². The molecule has 8 aromatic rings. The summed E-state index contributed by atoms with van der Waals surface area (Å²) in [4.78, 5) is 46.7. The third kappa shape index (κ3) is 8.65. The van der Waals surface area contributed by atoms with Crippen LogP contribution in [0, 0.1) is 0 Å². The number of methoxy groups -OCH3 is 2. The smallest absolute Gasteiger partial charge is 0.338 e. The number of nitrogens with zero attached hydrogens (tertiary/aromatic N) is 2. The Morgan fingerprint density at radius 1 is 0.389 bits per heavy atom. The van der Waals surface area contributed by atoms with Crippen LogP contribution in [0.2, 0.25) is 0 Å². The van der Waals surface area contributed by atoms with Gasteiger partial charge < -0.3 is 19.4 Å². The number of nitrogens with one attached hydrogen (secondary N) is 2. The number of aromatic amines is 2. The largest absolute Gasteiger partial charge is 0.465 e. The molecule has 0 atom stereocenters. The van der Waals surface area contributed by atoms with E-state index in [0.29, 0.717) is 46.2 Å². The van der Waals surface area contributed by atoms with Crippen molar-refractivity contribution in [2.75, 3.05) is 14.2 Å². The Labute approximate surface area is 421 Å². The maximum atomic E-state index is 13.8. The first-order chi connectivity index (χ1) is 34.7. The summed E-state index contributed by atoms with van der Waals surface area (Å²) in [5.41, 5.74) is 20.0. The van der Waals surface area contributed by atoms with Gasteiger partial charge in [-0.15, -0.1) is 0 Å². The van der Waals surface area contributed by atoms with E-state index in [1.165, 1.54) is 36.5 Å². The molecule has 8 heteroatoms. The van der Waals surface area contributed by atoms with Crippen LogP contribution < -0.4 is 0 Å². The van der Waals surface area contributed by atoms with Crippen LogP contribution in [-0.4, -0.2) is 46.1 Å². The van der Waals surface area contributed by atoms with Gasteiger partial charge in [-0.25, -0.2) is 19.6 Å². The summed E-state index contributed by atoms with van der Waals surface area (Å²) < 4.78 is 10.7. The van der Waals surface area contributed by atoms with Gasteiger partial charge >= 0.3 is 11.9 Å². The maximum Gasteiger partial charge on any atom is 0.338 e. The lowest BCUT2D eigenvalue weighted by atomic mass is 9.90. The SMILES string of the molecule is COC(=O)c1cc2c(cc1C(=O)OC)-c1nc-2c(-c2ccc(C(C)C)cc2)c2ccc([nH]2)c(-c2ccc(C(C)C)cc2)c2nc(c(-c3ccc(C(C)C)cc3)c3ccc([nH]3)c1-c1ccc(C(C)C)cc1)C=C2. The molecule has 10 rings (SSSR count). The first-order valence-electron chi connectivity index (χ1n) is 25.0. The van der Waals surface area contributed by atoms with Crippen molar-refractivity contribution in [1.29, 1.82) is 0 Å². The fourth-order valence-corrected chi connectivity index (χ4v) is 10.0. The summed E-state index contributed by atoms with van der Waals surface area (Å²) in [5, 5.41) is 0. The number of H-pyrrole nitrogens is 2. The molecule has 72 heavy (non-hydrogen) atoms. The van der Waals surface area contributed by atoms with Crippen LogP contribution in [-0.2, 0) is 9.47 Å². The van der Waals surface area contributed by atoms with Crippen LogP contribution in [0.4, 0.5) is 0 Å². The first kappa shape index (κ1) is 47.6. The van der Waals surface area contributed by atoms with Gasteiger partial charge in [0.1, 0.15) is 0 Å². The monoisotopic (exact) mass is 948 g/mol. The van der Waals surface area contributed by atoms with Crippen molar-refractivity contribution in [3.63, 3.8) is 0 Å². The highest BCUT2D eigenvalue weighted by Crippen LogP contribution is 2.48. The molecule has 0 aliphatic carbocycles. The lowest BCUT2D eigenvalue weighted by Gasteiger charge is -2.13. The summed E-state index contributed by atoms with van der Waals surface area (Å²) in [6, 6.07) is 46.8. The average Bonchev–Trinajstić information content (AvgIpc) is 4.23. The van der Waals surface area contributed by atoms with E-state index in [4.69, 9.17) is 19.4 Å². The van der Waals surface area contributed by atoms with E-state index in [-0.39, 0.29) is 11.1 Å². The number of esters is 2. The zero-order chi connectivity index (χ0) is 50.5. The van der Waals surface area contributed by atoms with Crippen molar-refractivity contribution in [3.8, 4) is 67.0 Å². The molecule has 5 aromatic carbocycles. The molecule has 2 aliphatic rings. The molecule has 0 saturated carbocycles. The molecule has 2 aliphatic heterocycles. The van der Waals surface area contributed by atoms with Crippen molar-refractivity contribution < 1.29 is 19.1 Å². The number of fused-ring (bicyclic) bond motifs is 11. The van der Waals surface area contributed by atoms with Gasteiger partial charge in [0.2, 0.25) is 0 Å². The van der Waals surface area contributed by atoms with Gasteiger partial charge in [0.05, 0.1) is 48.1 Å². The van der Waals surface area contributed by atoms with Crippen molar-refractivity contribution in [3.05, 3.63) is 178 Å². The molecule has 0 fully saturated rings. The van der Waals surface area contributed by atoms with E-state index < -0.39 is 11.9 Å². The highest BCUT2D eigenvalue weighted by Gasteiger charge is 2.31. The van der Waals surface area contributed by atoms with E-state index in [9.17, 15) is 9.59 Å². The van der Waals surface area contributed by atoms with Crippen molar-refractivity contribution >= 4 is 46.2 Å². The molecule has 360 valence electrons. The zero-order valence-electron chi connectivity index (χ0n) is 42.7. The van der Waals surface area contributed by atoms with Gasteiger partial charge in [0.15, 0.2) is 0 Å². The number of benzene rings is 5. The average molecular weight is 949 g/mol. The van der Waals surface area contributed by atoms with E-state index in [0.717, 1.165) is 78.0 Å². The first-order valence-corrected chi connectivity index (χ1v) is 25.0. The van der Waals surface area contributed by atoms with E-state index in [1.807, 2.05) is 0 Å². The molecule has 2 N–H and O–H groups in total. The number of aromatic nitrogens is 4. The molecule has 5 heterocycles. The van der Waals surface area contributed by atoms with Gasteiger partial charge in [0.25, 0.3) is 0 Å². The third-order valence-corrected chi connectivity index (χ3v) is 14.2. The molecular weight excluding hydrogens is 889 g/mol. The van der Waals surface area contributed by atoms with Gasteiger partial charge in [-0.3, -0.25) is 0 Å². The molecule has 8 bridgehead atoms. The number of hydrogen-bond acceptors (Lipinski definition) is 6. The van der Waals surface area contributed by atoms with Gasteiger partial charge in [-0.2, -0.15) is 0 Å². The lowest BCUT2D eigenvalue weighted by Crippen LogP contribution is -2.12. The summed E-state index contributed by atoms with van der Waals surface area (Å²) in [6.45, 7) is 17.6. The number of rotatable bonds is 10. The van der Waals surface area contributed by atoms with Gasteiger partial charge in [-0.1, -0.05) is 152 Å². The van der Waals surface area contributed by atoms with Crippen molar-refractivity contribution in [1.82, 2.24) is 19.9 Å². The second kappa shape index (κ2) is 19.2. The van der Waals surface area contributed by atoms with E-state index in [1.54, 1.807) is 12.1 Å². The Kier molecular flexibility index (Phi) is 12.7. The summed E-state index contributed by atoms with van der Waals surface area (Å²) in [7, 11) is 2.64. The Bertz CT molecular complexity index is 3370. The second-order valence-electron chi connectivity index (χ2n) is 20.1. The molecule has 0 radical (unpaired) electrons. The molecule has 0 unspecified atom stereocenters. The van der Waals surface area contributed by atoms with E-state index in [2.05, 4.69) is 199 Å². The second-order valence-corrected chi connectivity index (χ2v) is 20.1. The fourth-order valence-electron chi connectivity index (χ4n) is 10.0. The Morgan fingerprint density at radius 3 is 0.944 bits per heavy atom. The molecule has 0 saturated heterocycles. The lowest BCUT2D eigenvalue weighted by molar-refractivity contribution is 0.0555. The van der Waals surface area contributed by atoms with Crippen LogP contribution in [0.5, 0.6) is 0 Å². The minimum Gasteiger partial charge on any atom is -0.465 e. The van der Waals surface area contributed by atoms with Crippen LogP contribution in [0.25, 0.3) is 101 Å². The van der Waals surface area contributed by atoms with Gasteiger partial charge in [0, 0.05) is 55.4 Å². The fraction of sp³-hybridized carbons (Fsp3) is 0.219. The van der Waals surface area contributed by atoms with Crippen molar-refractivity contribution in [2.24, 2.45) is 0 Å². The topological polar surface area (TPSA) is 110 Å². The minimum absolute atomic E-state index is 0.0793. The highest BCUT2D eigenvalue weighted by atomic mass is 16.5. The van der Waals surface area contributed by atoms with Crippen LogP contribution in [0.1, 0.15) is 133 Å². The third-order valence-electron chi connectivity index (χ3n) is 14.2. The molecule has 0 spiro atoms. The quantitative estimate of drug-likeness (QED) is 0.132. The predicted octanol–water partition coefficient (Wildman–Crippen LogP) is 16.6. The molecular formula is C64H60N4O4. The minimum atomic E-state index is -0.662. The summed E-state index contributed by atoms with van der Waals surface area (Å²) in [5.74, 6) is 0.0260. The van der Waals surface area contributed by atoms with Crippen LogP contribution >= 0.6 is 0 Å².